The SMILES string of the molecule is CN(C)c1ccc(C2=CC(c3ccccc3)SC(c3ccccc3)=C2)cc1. The molecule has 0 saturated heterocycles. The number of thioether (sulfide) groups is 1. The molecule has 1 atom stereocenters. The highest BCUT2D eigenvalue weighted by Gasteiger charge is 2.19. The van der Waals surface area contributed by atoms with E-state index < -0.39 is 0 Å². The minimum Gasteiger partial charge on any atom is -0.378 e. The highest BCUT2D eigenvalue weighted by molar-refractivity contribution is 8.08. The van der Waals surface area contributed by atoms with E-state index in [1.807, 2.05) is 11.8 Å². The highest BCUT2D eigenvalue weighted by Crippen LogP contribution is 2.47. The first kappa shape index (κ1) is 17.7. The first-order valence-electron chi connectivity index (χ1n) is 9.19. The smallest absolute Gasteiger partial charge is 0.0533 e. The first-order valence-corrected chi connectivity index (χ1v) is 10.1. The summed E-state index contributed by atoms with van der Waals surface area (Å²) in [7, 11) is 4.15. The Morgan fingerprint density at radius 2 is 1.33 bits per heavy atom. The van der Waals surface area contributed by atoms with Crippen LogP contribution in [0.5, 0.6) is 0 Å². The summed E-state index contributed by atoms with van der Waals surface area (Å²) in [6.45, 7) is 0. The van der Waals surface area contributed by atoms with Gasteiger partial charge >= 0.3 is 0 Å². The molecule has 1 nitrogen and oxygen atoms in total. The Labute approximate surface area is 166 Å². The zero-order chi connectivity index (χ0) is 18.6. The Morgan fingerprint density at radius 3 is 1.96 bits per heavy atom. The van der Waals surface area contributed by atoms with Gasteiger partial charge in [0.05, 0.1) is 5.25 Å². The highest BCUT2D eigenvalue weighted by atomic mass is 32.2. The third-order valence-corrected chi connectivity index (χ3v) is 6.04. The van der Waals surface area contributed by atoms with E-state index in [0.29, 0.717) is 5.25 Å². The zero-order valence-electron chi connectivity index (χ0n) is 15.7. The number of rotatable bonds is 4. The van der Waals surface area contributed by atoms with Gasteiger partial charge in [-0.05, 0) is 40.5 Å². The van der Waals surface area contributed by atoms with Gasteiger partial charge in [0.2, 0.25) is 0 Å². The first-order chi connectivity index (χ1) is 13.2. The molecule has 0 radical (unpaired) electrons. The predicted octanol–water partition coefficient (Wildman–Crippen LogP) is 6.67. The van der Waals surface area contributed by atoms with Crippen LogP contribution >= 0.6 is 11.8 Å². The molecule has 3 aromatic rings. The molecule has 1 heterocycles. The van der Waals surface area contributed by atoms with Crippen molar-refractivity contribution in [2.75, 3.05) is 19.0 Å². The van der Waals surface area contributed by atoms with E-state index in [4.69, 9.17) is 0 Å². The van der Waals surface area contributed by atoms with Crippen molar-refractivity contribution >= 4 is 27.9 Å². The van der Waals surface area contributed by atoms with Crippen molar-refractivity contribution in [2.24, 2.45) is 0 Å². The van der Waals surface area contributed by atoms with E-state index in [2.05, 4.69) is 116 Å². The van der Waals surface area contributed by atoms with E-state index in [9.17, 15) is 0 Å². The van der Waals surface area contributed by atoms with Gasteiger partial charge in [-0.1, -0.05) is 78.9 Å². The Kier molecular flexibility index (Phi) is 5.17. The van der Waals surface area contributed by atoms with Crippen molar-refractivity contribution in [2.45, 2.75) is 5.25 Å². The third kappa shape index (κ3) is 4.01. The Morgan fingerprint density at radius 1 is 0.704 bits per heavy atom. The molecule has 0 spiro atoms. The number of nitrogens with zero attached hydrogens (tertiary/aromatic N) is 1. The molecule has 1 unspecified atom stereocenters. The van der Waals surface area contributed by atoms with Crippen molar-refractivity contribution in [3.8, 4) is 0 Å². The van der Waals surface area contributed by atoms with Gasteiger partial charge in [-0.2, -0.15) is 0 Å². The fourth-order valence-corrected chi connectivity index (χ4v) is 4.50. The van der Waals surface area contributed by atoms with Crippen LogP contribution in [0.1, 0.15) is 21.9 Å². The molecule has 4 rings (SSSR count). The Bertz CT molecular complexity index is 954. The maximum Gasteiger partial charge on any atom is 0.0533 e. The molecule has 0 aromatic heterocycles. The molecule has 3 aromatic carbocycles. The lowest BCUT2D eigenvalue weighted by Crippen LogP contribution is -2.08. The van der Waals surface area contributed by atoms with Crippen LogP contribution in [0, 0.1) is 0 Å². The van der Waals surface area contributed by atoms with E-state index in [0.717, 1.165) is 0 Å². The van der Waals surface area contributed by atoms with Gasteiger partial charge < -0.3 is 4.90 Å². The zero-order valence-corrected chi connectivity index (χ0v) is 16.5. The van der Waals surface area contributed by atoms with Crippen molar-refractivity contribution in [3.63, 3.8) is 0 Å². The summed E-state index contributed by atoms with van der Waals surface area (Å²) in [5.41, 5.74) is 6.38. The summed E-state index contributed by atoms with van der Waals surface area (Å²) in [4.78, 5) is 3.45. The molecule has 0 bridgehead atoms. The van der Waals surface area contributed by atoms with Crippen LogP contribution in [0.4, 0.5) is 5.69 Å². The van der Waals surface area contributed by atoms with E-state index in [1.54, 1.807) is 0 Å². The molecule has 1 aliphatic heterocycles. The Balaban J connectivity index is 1.75. The van der Waals surface area contributed by atoms with Gasteiger partial charge in [-0.3, -0.25) is 0 Å². The summed E-state index contributed by atoms with van der Waals surface area (Å²) < 4.78 is 0. The van der Waals surface area contributed by atoms with Gasteiger partial charge in [0.15, 0.2) is 0 Å². The van der Waals surface area contributed by atoms with E-state index in [-0.39, 0.29) is 0 Å². The van der Waals surface area contributed by atoms with Crippen LogP contribution in [-0.2, 0) is 0 Å². The quantitative estimate of drug-likeness (QED) is 0.505. The topological polar surface area (TPSA) is 3.24 Å². The molecular formula is C25H23NS. The minimum atomic E-state index is 0.315. The lowest BCUT2D eigenvalue weighted by Gasteiger charge is -2.23. The van der Waals surface area contributed by atoms with Gasteiger partial charge in [-0.25, -0.2) is 0 Å². The number of hydrogen-bond acceptors (Lipinski definition) is 2. The lowest BCUT2D eigenvalue weighted by molar-refractivity contribution is 1.13. The van der Waals surface area contributed by atoms with Gasteiger partial charge in [0.1, 0.15) is 0 Å². The molecule has 0 amide bonds. The number of allylic oxidation sites excluding steroid dienone is 2. The fourth-order valence-electron chi connectivity index (χ4n) is 3.25. The molecule has 0 N–H and O–H groups in total. The maximum atomic E-state index is 2.39. The predicted molar refractivity (Wildman–Crippen MR) is 120 cm³/mol. The average Bonchev–Trinajstić information content (AvgIpc) is 2.75. The normalized spacial score (nSPS) is 16.4. The van der Waals surface area contributed by atoms with Gasteiger partial charge in [0.25, 0.3) is 0 Å². The number of anilines is 1. The largest absolute Gasteiger partial charge is 0.378 e. The molecule has 2 heteroatoms. The van der Waals surface area contributed by atoms with Crippen LogP contribution < -0.4 is 4.90 Å². The number of hydrogen-bond donors (Lipinski definition) is 0. The van der Waals surface area contributed by atoms with Crippen molar-refractivity contribution in [1.82, 2.24) is 0 Å². The van der Waals surface area contributed by atoms with Crippen LogP contribution in [0.3, 0.4) is 0 Å². The second kappa shape index (κ2) is 7.89. The molecule has 1 aliphatic rings. The van der Waals surface area contributed by atoms with E-state index in [1.165, 1.54) is 32.9 Å². The average molecular weight is 370 g/mol. The molecule has 27 heavy (non-hydrogen) atoms. The van der Waals surface area contributed by atoms with Crippen LogP contribution in [-0.4, -0.2) is 14.1 Å². The summed E-state index contributed by atoms with van der Waals surface area (Å²) in [6.07, 6.45) is 4.71. The molecule has 0 aliphatic carbocycles. The van der Waals surface area contributed by atoms with Crippen LogP contribution in [0.15, 0.2) is 97.1 Å². The monoisotopic (exact) mass is 369 g/mol. The standard InChI is InChI=1S/C25H23NS/c1-26(2)23-15-13-19(14-16-23)22-17-24(20-9-5-3-6-10-20)27-25(18-22)21-11-7-4-8-12-21/h3-18,24H,1-2H3. The molecule has 0 saturated carbocycles. The van der Waals surface area contributed by atoms with Crippen LogP contribution in [0.25, 0.3) is 10.5 Å². The Hall–Kier alpha value is -2.71. The second-order valence-corrected chi connectivity index (χ2v) is 8.07. The number of benzene rings is 3. The molecule has 134 valence electrons. The third-order valence-electron chi connectivity index (χ3n) is 4.77. The lowest BCUT2D eigenvalue weighted by atomic mass is 10.00. The summed E-state index contributed by atoms with van der Waals surface area (Å²) in [5.74, 6) is 0. The fraction of sp³-hybridized carbons (Fsp3) is 0.120. The summed E-state index contributed by atoms with van der Waals surface area (Å²) >= 11 is 1.92. The van der Waals surface area contributed by atoms with Gasteiger partial charge in [-0.15, -0.1) is 11.8 Å². The van der Waals surface area contributed by atoms with Crippen molar-refractivity contribution in [3.05, 3.63) is 114 Å². The van der Waals surface area contributed by atoms with E-state index >= 15 is 0 Å². The van der Waals surface area contributed by atoms with Crippen molar-refractivity contribution in [1.29, 1.82) is 0 Å². The van der Waals surface area contributed by atoms with Crippen LogP contribution in [0.2, 0.25) is 0 Å². The van der Waals surface area contributed by atoms with Crippen molar-refractivity contribution < 1.29 is 0 Å². The second-order valence-electron chi connectivity index (χ2n) is 6.89. The summed E-state index contributed by atoms with van der Waals surface area (Å²) in [5, 5.41) is 0.315. The maximum absolute atomic E-state index is 2.39. The molecule has 0 fully saturated rings. The van der Waals surface area contributed by atoms with Gasteiger partial charge in [0, 0.05) is 24.7 Å². The summed E-state index contributed by atoms with van der Waals surface area (Å²) in [6, 6.07) is 30.2. The molecular weight excluding hydrogens is 346 g/mol. The minimum absolute atomic E-state index is 0.315.